The molecule has 0 aliphatic heterocycles. The van der Waals surface area contributed by atoms with Crippen molar-refractivity contribution in [2.75, 3.05) is 18.9 Å². The van der Waals surface area contributed by atoms with Crippen LogP contribution in [0.25, 0.3) is 0 Å². The third-order valence-corrected chi connectivity index (χ3v) is 4.41. The largest absolute Gasteiger partial charge is 0.396 e. The molecular weight excluding hydrogens is 242 g/mol. The Bertz CT molecular complexity index is 343. The van der Waals surface area contributed by atoms with E-state index in [0.717, 1.165) is 18.7 Å². The zero-order valence-corrected chi connectivity index (χ0v) is 12.5. The maximum Gasteiger partial charge on any atom is 0.0464 e. The molecule has 0 amide bonds. The lowest BCUT2D eigenvalue weighted by atomic mass is 10.0. The molecule has 1 rings (SSSR count). The number of nitrogens with one attached hydrogen (secondary N) is 1. The lowest BCUT2D eigenvalue weighted by molar-refractivity contribution is 0.250. The van der Waals surface area contributed by atoms with Crippen molar-refractivity contribution < 1.29 is 5.11 Å². The Morgan fingerprint density at radius 1 is 1.28 bits per heavy atom. The van der Waals surface area contributed by atoms with E-state index in [1.165, 1.54) is 10.5 Å². The van der Waals surface area contributed by atoms with Gasteiger partial charge in [-0.2, -0.15) is 0 Å². The highest BCUT2D eigenvalue weighted by molar-refractivity contribution is 7.99. The highest BCUT2D eigenvalue weighted by atomic mass is 32.2. The summed E-state index contributed by atoms with van der Waals surface area (Å²) in [5.74, 6) is 1.32. The van der Waals surface area contributed by atoms with Crippen molar-refractivity contribution in [2.24, 2.45) is 5.92 Å². The minimum atomic E-state index is 0.263. The van der Waals surface area contributed by atoms with E-state index in [1.807, 2.05) is 11.8 Å². The Morgan fingerprint density at radius 2 is 2.00 bits per heavy atom. The summed E-state index contributed by atoms with van der Waals surface area (Å²) in [5, 5.41) is 12.6. The van der Waals surface area contributed by atoms with Crippen molar-refractivity contribution in [2.45, 2.75) is 38.1 Å². The summed E-state index contributed by atoms with van der Waals surface area (Å²) in [4.78, 5) is 1.34. The number of rotatable bonds is 8. The summed E-state index contributed by atoms with van der Waals surface area (Å²) in [6, 6.07) is 9.03. The molecule has 0 aliphatic rings. The zero-order chi connectivity index (χ0) is 13.4. The number of hydrogen-bond acceptors (Lipinski definition) is 3. The van der Waals surface area contributed by atoms with Gasteiger partial charge in [-0.3, -0.25) is 0 Å². The first-order chi connectivity index (χ1) is 8.72. The number of hydrogen-bond donors (Lipinski definition) is 2. The summed E-state index contributed by atoms with van der Waals surface area (Å²) in [6.45, 7) is 7.69. The SMILES string of the molecule is CCNC(CC)c1ccccc1SCC(C)CO. The molecule has 102 valence electrons. The molecule has 2 nitrogen and oxygen atoms in total. The fourth-order valence-corrected chi connectivity index (χ4v) is 3.03. The van der Waals surface area contributed by atoms with Crippen molar-refractivity contribution in [3.8, 4) is 0 Å². The van der Waals surface area contributed by atoms with Crippen LogP contribution in [0.5, 0.6) is 0 Å². The highest BCUT2D eigenvalue weighted by Gasteiger charge is 2.13. The lowest BCUT2D eigenvalue weighted by Gasteiger charge is -2.20. The van der Waals surface area contributed by atoms with Gasteiger partial charge in [0.05, 0.1) is 0 Å². The van der Waals surface area contributed by atoms with Gasteiger partial charge in [0, 0.05) is 23.3 Å². The molecule has 3 heteroatoms. The first kappa shape index (κ1) is 15.5. The van der Waals surface area contributed by atoms with E-state index in [-0.39, 0.29) is 6.61 Å². The number of benzene rings is 1. The van der Waals surface area contributed by atoms with Crippen molar-refractivity contribution in [1.29, 1.82) is 0 Å². The first-order valence-electron chi connectivity index (χ1n) is 6.78. The molecule has 0 aliphatic carbocycles. The predicted molar refractivity (Wildman–Crippen MR) is 80.1 cm³/mol. The van der Waals surface area contributed by atoms with Crippen LogP contribution >= 0.6 is 11.8 Å². The van der Waals surface area contributed by atoms with Gasteiger partial charge >= 0.3 is 0 Å². The van der Waals surface area contributed by atoms with Crippen LogP contribution in [-0.4, -0.2) is 24.0 Å². The van der Waals surface area contributed by atoms with Gasteiger partial charge in [0.1, 0.15) is 0 Å². The molecule has 18 heavy (non-hydrogen) atoms. The molecule has 0 fully saturated rings. The van der Waals surface area contributed by atoms with Crippen LogP contribution in [0.3, 0.4) is 0 Å². The van der Waals surface area contributed by atoms with Gasteiger partial charge < -0.3 is 10.4 Å². The van der Waals surface area contributed by atoms with E-state index in [1.54, 1.807) is 0 Å². The van der Waals surface area contributed by atoms with Crippen LogP contribution in [0.4, 0.5) is 0 Å². The summed E-state index contributed by atoms with van der Waals surface area (Å²) < 4.78 is 0. The Labute approximate surface area is 115 Å². The number of aliphatic hydroxyl groups is 1. The predicted octanol–water partition coefficient (Wildman–Crippen LogP) is 3.47. The molecule has 2 atom stereocenters. The van der Waals surface area contributed by atoms with E-state index < -0.39 is 0 Å². The van der Waals surface area contributed by atoms with E-state index in [4.69, 9.17) is 5.11 Å². The van der Waals surface area contributed by atoms with Gasteiger partial charge in [-0.05, 0) is 30.5 Å². The third-order valence-electron chi connectivity index (χ3n) is 2.99. The lowest BCUT2D eigenvalue weighted by Crippen LogP contribution is -2.20. The molecule has 0 heterocycles. The van der Waals surface area contributed by atoms with E-state index >= 15 is 0 Å². The molecule has 2 N–H and O–H groups in total. The van der Waals surface area contributed by atoms with Gasteiger partial charge in [-0.15, -0.1) is 11.8 Å². The Morgan fingerprint density at radius 3 is 2.61 bits per heavy atom. The Hall–Kier alpha value is -0.510. The minimum Gasteiger partial charge on any atom is -0.396 e. The molecular formula is C15H25NOS. The third kappa shape index (κ3) is 4.63. The van der Waals surface area contributed by atoms with Crippen LogP contribution in [0.2, 0.25) is 0 Å². The molecule has 0 aromatic heterocycles. The average Bonchev–Trinajstić information content (AvgIpc) is 2.42. The van der Waals surface area contributed by atoms with Crippen LogP contribution in [-0.2, 0) is 0 Å². The van der Waals surface area contributed by atoms with Crippen LogP contribution in [0, 0.1) is 5.92 Å². The Kier molecular flexibility index (Phi) is 7.40. The molecule has 1 aromatic rings. The fraction of sp³-hybridized carbons (Fsp3) is 0.600. The second-order valence-corrected chi connectivity index (χ2v) is 5.72. The molecule has 0 spiro atoms. The molecule has 2 unspecified atom stereocenters. The Balaban J connectivity index is 2.77. The fourth-order valence-electron chi connectivity index (χ4n) is 1.91. The molecule has 0 saturated carbocycles. The topological polar surface area (TPSA) is 32.3 Å². The zero-order valence-electron chi connectivity index (χ0n) is 11.6. The molecule has 0 radical (unpaired) electrons. The summed E-state index contributed by atoms with van der Waals surface area (Å²) in [6.07, 6.45) is 1.10. The summed E-state index contributed by atoms with van der Waals surface area (Å²) in [7, 11) is 0. The van der Waals surface area contributed by atoms with E-state index in [9.17, 15) is 0 Å². The standard InChI is InChI=1S/C15H25NOS/c1-4-14(16-5-2)13-8-6-7-9-15(13)18-11-12(3)10-17/h6-9,12,14,16-17H,4-5,10-11H2,1-3H3. The second kappa shape index (κ2) is 8.57. The average molecular weight is 267 g/mol. The van der Waals surface area contributed by atoms with Crippen LogP contribution in [0.1, 0.15) is 38.8 Å². The van der Waals surface area contributed by atoms with Crippen LogP contribution < -0.4 is 5.32 Å². The maximum atomic E-state index is 9.10. The molecule has 0 bridgehead atoms. The van der Waals surface area contributed by atoms with Crippen molar-refractivity contribution in [1.82, 2.24) is 5.32 Å². The van der Waals surface area contributed by atoms with Crippen molar-refractivity contribution in [3.05, 3.63) is 29.8 Å². The summed E-state index contributed by atoms with van der Waals surface area (Å²) in [5.41, 5.74) is 1.39. The van der Waals surface area contributed by atoms with Gasteiger partial charge in [0.25, 0.3) is 0 Å². The van der Waals surface area contributed by atoms with Crippen LogP contribution in [0.15, 0.2) is 29.2 Å². The number of aliphatic hydroxyl groups excluding tert-OH is 1. The smallest absolute Gasteiger partial charge is 0.0464 e. The maximum absolute atomic E-state index is 9.10. The summed E-state index contributed by atoms with van der Waals surface area (Å²) >= 11 is 1.85. The normalized spacial score (nSPS) is 14.4. The van der Waals surface area contributed by atoms with Crippen molar-refractivity contribution >= 4 is 11.8 Å². The number of thioether (sulfide) groups is 1. The van der Waals surface area contributed by atoms with E-state index in [0.29, 0.717) is 12.0 Å². The monoisotopic (exact) mass is 267 g/mol. The minimum absolute atomic E-state index is 0.263. The molecule has 0 saturated heterocycles. The van der Waals surface area contributed by atoms with Crippen molar-refractivity contribution in [3.63, 3.8) is 0 Å². The second-order valence-electron chi connectivity index (χ2n) is 4.66. The van der Waals surface area contributed by atoms with Gasteiger partial charge in [-0.1, -0.05) is 39.0 Å². The van der Waals surface area contributed by atoms with E-state index in [2.05, 4.69) is 50.4 Å². The van der Waals surface area contributed by atoms with Gasteiger partial charge in [0.2, 0.25) is 0 Å². The van der Waals surface area contributed by atoms with Gasteiger partial charge in [0.15, 0.2) is 0 Å². The quantitative estimate of drug-likeness (QED) is 0.707. The highest BCUT2D eigenvalue weighted by Crippen LogP contribution is 2.30. The molecule has 1 aromatic carbocycles. The first-order valence-corrected chi connectivity index (χ1v) is 7.77. The van der Waals surface area contributed by atoms with Gasteiger partial charge in [-0.25, -0.2) is 0 Å².